The van der Waals surface area contributed by atoms with Gasteiger partial charge in [0.15, 0.2) is 0 Å². The van der Waals surface area contributed by atoms with E-state index in [-0.39, 0.29) is 0 Å². The number of aryl methyl sites for hydroxylation is 1. The highest BCUT2D eigenvalue weighted by atomic mass is 79.9. The fourth-order valence-electron chi connectivity index (χ4n) is 1.24. The van der Waals surface area contributed by atoms with Crippen molar-refractivity contribution in [1.82, 2.24) is 15.0 Å². The van der Waals surface area contributed by atoms with Crippen molar-refractivity contribution in [2.75, 3.05) is 5.33 Å². The predicted molar refractivity (Wildman–Crippen MR) is 59.3 cm³/mol. The maximum atomic E-state index is 4.10. The van der Waals surface area contributed by atoms with Gasteiger partial charge in [-0.3, -0.25) is 4.68 Å². The first-order chi connectivity index (χ1) is 6.90. The number of hydrogen-bond acceptors (Lipinski definition) is 2. The van der Waals surface area contributed by atoms with Gasteiger partial charge in [-0.1, -0.05) is 51.5 Å². The zero-order valence-corrected chi connectivity index (χ0v) is 9.18. The van der Waals surface area contributed by atoms with E-state index in [0.29, 0.717) is 0 Å². The van der Waals surface area contributed by atoms with Crippen molar-refractivity contribution in [2.45, 2.75) is 6.54 Å². The molecule has 0 radical (unpaired) electrons. The fraction of sp³-hybridized carbons (Fsp3) is 0.200. The molecule has 0 fully saturated rings. The highest BCUT2D eigenvalue weighted by molar-refractivity contribution is 9.09. The summed E-state index contributed by atoms with van der Waals surface area (Å²) in [5.74, 6) is 0. The number of alkyl halides is 1. The third-order valence-electron chi connectivity index (χ3n) is 1.92. The van der Waals surface area contributed by atoms with E-state index in [9.17, 15) is 0 Å². The summed E-state index contributed by atoms with van der Waals surface area (Å²) >= 11 is 3.36. The molecular formula is C10H10BrN3. The highest BCUT2D eigenvalue weighted by Crippen LogP contribution is 2.14. The van der Waals surface area contributed by atoms with Crippen molar-refractivity contribution in [3.05, 3.63) is 36.5 Å². The van der Waals surface area contributed by atoms with Crippen molar-refractivity contribution >= 4 is 15.9 Å². The van der Waals surface area contributed by atoms with E-state index in [1.54, 1.807) is 0 Å². The summed E-state index contributed by atoms with van der Waals surface area (Å²) in [5, 5.41) is 9.01. The molecule has 0 bridgehead atoms. The normalized spacial score (nSPS) is 10.4. The van der Waals surface area contributed by atoms with Crippen LogP contribution in [0.3, 0.4) is 0 Å². The lowest BCUT2D eigenvalue weighted by Crippen LogP contribution is -1.98. The molecule has 72 valence electrons. The van der Waals surface area contributed by atoms with Crippen LogP contribution in [-0.2, 0) is 6.54 Å². The SMILES string of the molecule is BrCCn1cc(-c2ccccc2)nn1. The Labute approximate surface area is 90.9 Å². The van der Waals surface area contributed by atoms with Crippen LogP contribution in [0, 0.1) is 0 Å². The first-order valence-electron chi connectivity index (χ1n) is 4.41. The third kappa shape index (κ3) is 2.01. The van der Waals surface area contributed by atoms with Crippen molar-refractivity contribution in [1.29, 1.82) is 0 Å². The minimum absolute atomic E-state index is 0.847. The topological polar surface area (TPSA) is 30.7 Å². The second kappa shape index (κ2) is 4.37. The average Bonchev–Trinajstić information content (AvgIpc) is 2.68. The molecule has 0 unspecified atom stereocenters. The fourth-order valence-corrected chi connectivity index (χ4v) is 1.60. The highest BCUT2D eigenvalue weighted by Gasteiger charge is 2.01. The van der Waals surface area contributed by atoms with Gasteiger partial charge in [-0.25, -0.2) is 0 Å². The number of halogens is 1. The maximum absolute atomic E-state index is 4.10. The van der Waals surface area contributed by atoms with Gasteiger partial charge in [-0.15, -0.1) is 5.10 Å². The molecule has 3 nitrogen and oxygen atoms in total. The lowest BCUT2D eigenvalue weighted by Gasteiger charge is -1.93. The second-order valence-corrected chi connectivity index (χ2v) is 3.71. The third-order valence-corrected chi connectivity index (χ3v) is 2.28. The van der Waals surface area contributed by atoms with E-state index in [4.69, 9.17) is 0 Å². The Bertz CT molecular complexity index is 397. The lowest BCUT2D eigenvalue weighted by molar-refractivity contribution is 0.634. The minimum Gasteiger partial charge on any atom is -0.251 e. The van der Waals surface area contributed by atoms with Gasteiger partial charge in [0.2, 0.25) is 0 Å². The number of hydrogen-bond donors (Lipinski definition) is 0. The number of benzene rings is 1. The molecule has 2 aromatic rings. The van der Waals surface area contributed by atoms with E-state index in [2.05, 4.69) is 26.2 Å². The van der Waals surface area contributed by atoms with Crippen molar-refractivity contribution in [3.63, 3.8) is 0 Å². The van der Waals surface area contributed by atoms with Crippen molar-refractivity contribution in [3.8, 4) is 11.3 Å². The summed E-state index contributed by atoms with van der Waals surface area (Å²) in [7, 11) is 0. The molecule has 0 saturated carbocycles. The summed E-state index contributed by atoms with van der Waals surface area (Å²) in [5.41, 5.74) is 2.03. The number of aromatic nitrogens is 3. The average molecular weight is 252 g/mol. The molecule has 0 aliphatic heterocycles. The summed E-state index contributed by atoms with van der Waals surface area (Å²) in [4.78, 5) is 0. The molecule has 1 aromatic carbocycles. The molecule has 1 heterocycles. The van der Waals surface area contributed by atoms with Gasteiger partial charge in [0, 0.05) is 10.9 Å². The van der Waals surface area contributed by atoms with E-state index in [1.165, 1.54) is 0 Å². The second-order valence-electron chi connectivity index (χ2n) is 2.92. The van der Waals surface area contributed by atoms with Crippen LogP contribution in [0.4, 0.5) is 0 Å². The van der Waals surface area contributed by atoms with Gasteiger partial charge in [0.1, 0.15) is 5.69 Å². The van der Waals surface area contributed by atoms with Crippen LogP contribution in [0.1, 0.15) is 0 Å². The summed E-state index contributed by atoms with van der Waals surface area (Å²) in [6.45, 7) is 0.847. The Morgan fingerprint density at radius 1 is 1.21 bits per heavy atom. The molecule has 0 aliphatic carbocycles. The van der Waals surface area contributed by atoms with Gasteiger partial charge < -0.3 is 0 Å². The van der Waals surface area contributed by atoms with Crippen LogP contribution in [-0.4, -0.2) is 20.3 Å². The zero-order chi connectivity index (χ0) is 9.80. The molecule has 0 saturated heterocycles. The van der Waals surface area contributed by atoms with Crippen molar-refractivity contribution < 1.29 is 0 Å². The van der Waals surface area contributed by atoms with E-state index >= 15 is 0 Å². The molecule has 2 rings (SSSR count). The summed E-state index contributed by atoms with van der Waals surface area (Å²) < 4.78 is 1.83. The Balaban J connectivity index is 2.25. The Morgan fingerprint density at radius 2 is 2.00 bits per heavy atom. The standard InChI is InChI=1S/C10H10BrN3/c11-6-7-14-8-10(12-13-14)9-4-2-1-3-5-9/h1-5,8H,6-7H2. The monoisotopic (exact) mass is 251 g/mol. The van der Waals surface area contributed by atoms with Gasteiger partial charge in [-0.05, 0) is 0 Å². The molecular weight excluding hydrogens is 242 g/mol. The van der Waals surface area contributed by atoms with Gasteiger partial charge in [-0.2, -0.15) is 0 Å². The van der Waals surface area contributed by atoms with Crippen LogP contribution in [0.25, 0.3) is 11.3 Å². The van der Waals surface area contributed by atoms with Gasteiger partial charge in [0.25, 0.3) is 0 Å². The summed E-state index contributed by atoms with van der Waals surface area (Å²) in [6, 6.07) is 10.1. The number of rotatable bonds is 3. The minimum atomic E-state index is 0.847. The van der Waals surface area contributed by atoms with Crippen LogP contribution in [0.2, 0.25) is 0 Å². The Hall–Kier alpha value is -1.16. The van der Waals surface area contributed by atoms with Crippen LogP contribution in [0.15, 0.2) is 36.5 Å². The van der Waals surface area contributed by atoms with Crippen molar-refractivity contribution in [2.24, 2.45) is 0 Å². The Morgan fingerprint density at radius 3 is 2.71 bits per heavy atom. The molecule has 1 aromatic heterocycles. The van der Waals surface area contributed by atoms with E-state index in [1.807, 2.05) is 41.2 Å². The zero-order valence-electron chi connectivity index (χ0n) is 7.60. The van der Waals surface area contributed by atoms with Crippen LogP contribution in [0.5, 0.6) is 0 Å². The quantitative estimate of drug-likeness (QED) is 0.785. The predicted octanol–water partition coefficient (Wildman–Crippen LogP) is 2.34. The largest absolute Gasteiger partial charge is 0.251 e. The maximum Gasteiger partial charge on any atom is 0.113 e. The molecule has 0 N–H and O–H groups in total. The first kappa shape index (κ1) is 9.40. The molecule has 0 aliphatic rings. The van der Waals surface area contributed by atoms with Gasteiger partial charge in [0.05, 0.1) is 12.7 Å². The summed E-state index contributed by atoms with van der Waals surface area (Å²) in [6.07, 6.45) is 1.95. The molecule has 0 atom stereocenters. The van der Waals surface area contributed by atoms with E-state index < -0.39 is 0 Å². The van der Waals surface area contributed by atoms with Crippen LogP contribution < -0.4 is 0 Å². The molecule has 14 heavy (non-hydrogen) atoms. The van der Waals surface area contributed by atoms with Crippen LogP contribution >= 0.6 is 15.9 Å². The van der Waals surface area contributed by atoms with E-state index in [0.717, 1.165) is 23.1 Å². The lowest BCUT2D eigenvalue weighted by atomic mass is 10.2. The smallest absolute Gasteiger partial charge is 0.113 e. The molecule has 0 amide bonds. The Kier molecular flexibility index (Phi) is 2.93. The first-order valence-corrected chi connectivity index (χ1v) is 5.54. The molecule has 4 heteroatoms. The van der Waals surface area contributed by atoms with Gasteiger partial charge >= 0.3 is 0 Å². The molecule has 0 spiro atoms. The number of nitrogens with zero attached hydrogens (tertiary/aromatic N) is 3.